The van der Waals surface area contributed by atoms with Crippen LogP contribution in [0.15, 0.2) is 18.2 Å². The summed E-state index contributed by atoms with van der Waals surface area (Å²) in [5.74, 6) is 3.48. The highest BCUT2D eigenvalue weighted by molar-refractivity contribution is 5.75. The Labute approximate surface area is 136 Å². The maximum absolute atomic E-state index is 11.2. The Balaban J connectivity index is 1.52. The average molecular weight is 316 g/mol. The number of amides is 2. The normalized spacial score (nSPS) is 30.0. The van der Waals surface area contributed by atoms with Gasteiger partial charge in [-0.2, -0.15) is 0 Å². The molecule has 124 valence electrons. The zero-order chi connectivity index (χ0) is 15.8. The van der Waals surface area contributed by atoms with Crippen LogP contribution in [0, 0.1) is 11.8 Å². The molecule has 1 saturated heterocycles. The first-order valence-electron chi connectivity index (χ1n) is 8.59. The lowest BCUT2D eigenvalue weighted by atomic mass is 9.96. The number of carbonyl (C=O) groups excluding carboxylic acids is 1. The van der Waals surface area contributed by atoms with E-state index in [4.69, 9.17) is 9.47 Å². The van der Waals surface area contributed by atoms with Gasteiger partial charge in [-0.3, -0.25) is 0 Å². The summed E-state index contributed by atoms with van der Waals surface area (Å²) in [5, 5.41) is 5.70. The molecule has 0 radical (unpaired) electrons. The predicted molar refractivity (Wildman–Crippen MR) is 87.0 cm³/mol. The first-order valence-corrected chi connectivity index (χ1v) is 8.59. The van der Waals surface area contributed by atoms with E-state index in [1.807, 2.05) is 6.07 Å². The predicted octanol–water partition coefficient (Wildman–Crippen LogP) is 2.66. The number of rotatable bonds is 4. The lowest BCUT2D eigenvalue weighted by molar-refractivity contribution is 0.133. The molecule has 2 bridgehead atoms. The lowest BCUT2D eigenvalue weighted by Gasteiger charge is -2.27. The van der Waals surface area contributed by atoms with Crippen molar-refractivity contribution in [3.05, 3.63) is 23.8 Å². The third kappa shape index (κ3) is 2.84. The number of nitrogens with one attached hydrogen (secondary N) is 2. The maximum Gasteiger partial charge on any atom is 0.314 e. The molecule has 1 aliphatic heterocycles. The van der Waals surface area contributed by atoms with Crippen molar-refractivity contribution < 1.29 is 14.3 Å². The molecule has 5 nitrogen and oxygen atoms in total. The van der Waals surface area contributed by atoms with Gasteiger partial charge in [-0.1, -0.05) is 6.07 Å². The van der Waals surface area contributed by atoms with Gasteiger partial charge in [-0.15, -0.1) is 0 Å². The summed E-state index contributed by atoms with van der Waals surface area (Å²) in [6, 6.07) is 6.05. The van der Waals surface area contributed by atoms with Crippen molar-refractivity contribution in [2.75, 3.05) is 20.2 Å². The average Bonchev–Trinajstić information content (AvgIpc) is 3.18. The number of methoxy groups -OCH3 is 1. The van der Waals surface area contributed by atoms with Crippen LogP contribution in [0.2, 0.25) is 0 Å². The molecule has 0 spiro atoms. The number of benzene rings is 1. The van der Waals surface area contributed by atoms with Gasteiger partial charge in [0.2, 0.25) is 0 Å². The fourth-order valence-electron chi connectivity index (χ4n) is 4.34. The van der Waals surface area contributed by atoms with Gasteiger partial charge in [0.1, 0.15) is 6.10 Å². The van der Waals surface area contributed by atoms with E-state index in [2.05, 4.69) is 22.8 Å². The molecule has 2 amide bonds. The zero-order valence-electron chi connectivity index (χ0n) is 13.5. The minimum Gasteiger partial charge on any atom is -0.493 e. The van der Waals surface area contributed by atoms with E-state index in [-0.39, 0.29) is 11.9 Å². The van der Waals surface area contributed by atoms with Gasteiger partial charge in [0.25, 0.3) is 0 Å². The highest BCUT2D eigenvalue weighted by Crippen LogP contribution is 2.47. The van der Waals surface area contributed by atoms with Crippen LogP contribution in [-0.2, 0) is 0 Å². The number of carbonyl (C=O) groups is 1. The van der Waals surface area contributed by atoms with Gasteiger partial charge in [-0.25, -0.2) is 4.79 Å². The van der Waals surface area contributed by atoms with Gasteiger partial charge in [-0.05, 0) is 55.2 Å². The van der Waals surface area contributed by atoms with Gasteiger partial charge in [0.15, 0.2) is 11.5 Å². The number of hydrogen-bond acceptors (Lipinski definition) is 3. The number of ether oxygens (including phenoxy) is 2. The molecule has 1 aromatic rings. The molecule has 3 aliphatic rings. The number of hydrogen-bond donors (Lipinski definition) is 2. The Bertz CT molecular complexity index is 594. The molecule has 2 N–H and O–H groups in total. The molecular weight excluding hydrogens is 292 g/mol. The summed E-state index contributed by atoms with van der Waals surface area (Å²) >= 11 is 0. The van der Waals surface area contributed by atoms with Gasteiger partial charge >= 0.3 is 6.03 Å². The molecule has 2 aliphatic carbocycles. The lowest BCUT2D eigenvalue weighted by Crippen LogP contribution is -2.47. The third-order valence-electron chi connectivity index (χ3n) is 5.63. The molecular formula is C18H24N2O3. The largest absolute Gasteiger partial charge is 0.493 e. The highest BCUT2D eigenvalue weighted by atomic mass is 16.5. The second-order valence-electron chi connectivity index (χ2n) is 7.03. The van der Waals surface area contributed by atoms with Crippen molar-refractivity contribution in [3.63, 3.8) is 0 Å². The van der Waals surface area contributed by atoms with E-state index in [0.717, 1.165) is 17.4 Å². The van der Waals surface area contributed by atoms with E-state index in [0.29, 0.717) is 25.1 Å². The van der Waals surface area contributed by atoms with E-state index in [1.54, 1.807) is 7.11 Å². The van der Waals surface area contributed by atoms with Crippen LogP contribution >= 0.6 is 0 Å². The summed E-state index contributed by atoms with van der Waals surface area (Å²) in [6.45, 7) is 1.32. The summed E-state index contributed by atoms with van der Waals surface area (Å²) in [7, 11) is 1.69. The smallest absolute Gasteiger partial charge is 0.314 e. The van der Waals surface area contributed by atoms with Crippen molar-refractivity contribution in [1.29, 1.82) is 0 Å². The summed E-state index contributed by atoms with van der Waals surface area (Å²) in [5.41, 5.74) is 1.18. The zero-order valence-corrected chi connectivity index (χ0v) is 13.5. The highest BCUT2D eigenvalue weighted by Gasteiger charge is 2.41. The molecule has 1 heterocycles. The topological polar surface area (TPSA) is 59.6 Å². The molecule has 2 saturated carbocycles. The number of urea groups is 1. The first-order chi connectivity index (χ1) is 11.2. The quantitative estimate of drug-likeness (QED) is 0.898. The Hall–Kier alpha value is -1.91. The minimum absolute atomic E-state index is 0.0896. The van der Waals surface area contributed by atoms with Gasteiger partial charge in [0.05, 0.1) is 7.11 Å². The SMILES string of the molecule is COc1ccc(C2CNC(=O)NC2)cc1O[C@@H]1C[C@H]2CC[C@H]1C2. The van der Waals surface area contributed by atoms with E-state index in [1.165, 1.54) is 31.2 Å². The van der Waals surface area contributed by atoms with Gasteiger partial charge < -0.3 is 20.1 Å². The van der Waals surface area contributed by atoms with Crippen molar-refractivity contribution in [2.45, 2.75) is 37.7 Å². The Morgan fingerprint density at radius 3 is 2.57 bits per heavy atom. The van der Waals surface area contributed by atoms with Crippen molar-refractivity contribution in [3.8, 4) is 11.5 Å². The summed E-state index contributed by atoms with van der Waals surface area (Å²) < 4.78 is 11.8. The first kappa shape index (κ1) is 14.7. The third-order valence-corrected chi connectivity index (χ3v) is 5.63. The second kappa shape index (κ2) is 5.95. The molecule has 23 heavy (non-hydrogen) atoms. The molecule has 3 fully saturated rings. The van der Waals surface area contributed by atoms with E-state index >= 15 is 0 Å². The summed E-state index contributed by atoms with van der Waals surface area (Å²) in [4.78, 5) is 11.2. The Kier molecular flexibility index (Phi) is 3.79. The fourth-order valence-corrected chi connectivity index (χ4v) is 4.34. The second-order valence-corrected chi connectivity index (χ2v) is 7.03. The molecule has 0 aromatic heterocycles. The van der Waals surface area contributed by atoms with Crippen LogP contribution in [0.25, 0.3) is 0 Å². The van der Waals surface area contributed by atoms with Crippen LogP contribution < -0.4 is 20.1 Å². The van der Waals surface area contributed by atoms with Crippen LogP contribution in [0.3, 0.4) is 0 Å². The van der Waals surface area contributed by atoms with E-state index < -0.39 is 0 Å². The van der Waals surface area contributed by atoms with Crippen LogP contribution in [0.5, 0.6) is 11.5 Å². The van der Waals surface area contributed by atoms with Crippen LogP contribution in [0.1, 0.15) is 37.2 Å². The van der Waals surface area contributed by atoms with Crippen LogP contribution in [0.4, 0.5) is 4.79 Å². The molecule has 0 unspecified atom stereocenters. The monoisotopic (exact) mass is 316 g/mol. The molecule has 4 rings (SSSR count). The fraction of sp³-hybridized carbons (Fsp3) is 0.611. The van der Waals surface area contributed by atoms with Crippen molar-refractivity contribution >= 4 is 6.03 Å². The van der Waals surface area contributed by atoms with E-state index in [9.17, 15) is 4.79 Å². The standard InChI is InChI=1S/C18H24N2O3/c1-22-15-5-4-12(14-9-19-18(21)20-10-14)8-17(15)23-16-7-11-2-3-13(16)6-11/h4-5,8,11,13-14,16H,2-3,6-7,9-10H2,1H3,(H2,19,20,21)/t11-,13-,16+/m0/s1. The van der Waals surface area contributed by atoms with Crippen LogP contribution in [-0.4, -0.2) is 32.3 Å². The molecule has 3 atom stereocenters. The minimum atomic E-state index is -0.0896. The molecule has 5 heteroatoms. The Morgan fingerprint density at radius 2 is 1.91 bits per heavy atom. The maximum atomic E-state index is 11.2. The van der Waals surface area contributed by atoms with Crippen molar-refractivity contribution in [2.24, 2.45) is 11.8 Å². The Morgan fingerprint density at radius 1 is 1.09 bits per heavy atom. The van der Waals surface area contributed by atoms with Crippen molar-refractivity contribution in [1.82, 2.24) is 10.6 Å². The number of fused-ring (bicyclic) bond motifs is 2. The van der Waals surface area contributed by atoms with Gasteiger partial charge in [0, 0.05) is 19.0 Å². The summed E-state index contributed by atoms with van der Waals surface area (Å²) in [6.07, 6.45) is 5.51. The molecule has 1 aromatic carbocycles.